The second kappa shape index (κ2) is 7.84. The van der Waals surface area contributed by atoms with Gasteiger partial charge in [0.25, 0.3) is 5.56 Å². The highest BCUT2D eigenvalue weighted by Gasteiger charge is 2.35. The number of aromatic amines is 1. The van der Waals surface area contributed by atoms with E-state index in [1.807, 2.05) is 6.07 Å². The molecule has 1 saturated heterocycles. The van der Waals surface area contributed by atoms with Crippen molar-refractivity contribution in [3.05, 3.63) is 33.4 Å². The number of hydrogen-bond acceptors (Lipinski definition) is 4. The first kappa shape index (κ1) is 19.8. The summed E-state index contributed by atoms with van der Waals surface area (Å²) in [5, 5.41) is 3.32. The average Bonchev–Trinajstić information content (AvgIpc) is 3.41. The molecule has 5 rings (SSSR count). The Labute approximate surface area is 177 Å². The first-order valence-corrected chi connectivity index (χ1v) is 11.7. The van der Waals surface area contributed by atoms with Crippen LogP contribution in [0, 0.1) is 5.92 Å². The number of fused-ring (bicyclic) bond motifs is 2. The molecule has 2 aromatic rings. The number of H-pyrrole nitrogens is 1. The molecule has 1 amide bonds. The second-order valence-corrected chi connectivity index (χ2v) is 9.59. The van der Waals surface area contributed by atoms with E-state index in [-0.39, 0.29) is 17.5 Å². The minimum absolute atomic E-state index is 0.00903. The Morgan fingerprint density at radius 1 is 1.13 bits per heavy atom. The van der Waals surface area contributed by atoms with Crippen LogP contribution in [-0.4, -0.2) is 49.4 Å². The smallest absolute Gasteiger partial charge is 0.277 e. The summed E-state index contributed by atoms with van der Waals surface area (Å²) >= 11 is 0. The highest BCUT2D eigenvalue weighted by atomic mass is 16.2. The maximum absolute atomic E-state index is 13.2. The van der Waals surface area contributed by atoms with Gasteiger partial charge >= 0.3 is 0 Å². The lowest BCUT2D eigenvalue weighted by Crippen LogP contribution is -2.40. The fourth-order valence-corrected chi connectivity index (χ4v) is 5.57. The SMILES string of the molecule is CC(C)N1CCc2nc3cc([C@H]4CCCN4C(=O)C4CCCCC4)[nH]n3c(=O)c2C1. The van der Waals surface area contributed by atoms with E-state index in [1.54, 1.807) is 4.52 Å². The number of carbonyl (C=O) groups excluding carboxylic acids is 1. The molecule has 2 fully saturated rings. The molecule has 7 heteroatoms. The van der Waals surface area contributed by atoms with Crippen LogP contribution in [0.15, 0.2) is 10.9 Å². The van der Waals surface area contributed by atoms with Crippen molar-refractivity contribution in [1.82, 2.24) is 24.4 Å². The van der Waals surface area contributed by atoms with Gasteiger partial charge in [-0.3, -0.25) is 19.6 Å². The molecule has 0 aromatic carbocycles. The molecule has 1 atom stereocenters. The molecular weight excluding hydrogens is 378 g/mol. The maximum Gasteiger partial charge on any atom is 0.277 e. The molecule has 0 unspecified atom stereocenters. The van der Waals surface area contributed by atoms with Crippen molar-refractivity contribution in [2.45, 2.75) is 83.8 Å². The Balaban J connectivity index is 1.45. The van der Waals surface area contributed by atoms with Crippen LogP contribution in [0.2, 0.25) is 0 Å². The van der Waals surface area contributed by atoms with E-state index in [0.717, 1.165) is 62.1 Å². The number of nitrogens with zero attached hydrogens (tertiary/aromatic N) is 4. The summed E-state index contributed by atoms with van der Waals surface area (Å²) in [4.78, 5) is 35.6. The van der Waals surface area contributed by atoms with Gasteiger partial charge in [0.1, 0.15) is 0 Å². The number of amides is 1. The number of nitrogens with one attached hydrogen (secondary N) is 1. The van der Waals surface area contributed by atoms with E-state index < -0.39 is 0 Å². The third-order valence-corrected chi connectivity index (χ3v) is 7.39. The molecule has 2 aliphatic heterocycles. The van der Waals surface area contributed by atoms with Crippen LogP contribution in [0.1, 0.15) is 81.8 Å². The molecule has 7 nitrogen and oxygen atoms in total. The first-order valence-electron chi connectivity index (χ1n) is 11.7. The number of aromatic nitrogens is 3. The maximum atomic E-state index is 13.2. The zero-order valence-corrected chi connectivity index (χ0v) is 18.2. The highest BCUT2D eigenvalue weighted by molar-refractivity contribution is 5.79. The summed E-state index contributed by atoms with van der Waals surface area (Å²) in [7, 11) is 0. The lowest BCUT2D eigenvalue weighted by molar-refractivity contribution is -0.137. The molecule has 0 bridgehead atoms. The Hall–Kier alpha value is -2.15. The number of likely N-dealkylation sites (tertiary alicyclic amines) is 1. The second-order valence-electron chi connectivity index (χ2n) is 9.59. The summed E-state index contributed by atoms with van der Waals surface area (Å²) in [5.74, 6) is 0.488. The van der Waals surface area contributed by atoms with E-state index in [0.29, 0.717) is 24.1 Å². The fourth-order valence-electron chi connectivity index (χ4n) is 5.57. The van der Waals surface area contributed by atoms with E-state index in [9.17, 15) is 9.59 Å². The van der Waals surface area contributed by atoms with Gasteiger partial charge in [-0.1, -0.05) is 19.3 Å². The van der Waals surface area contributed by atoms with Gasteiger partial charge in [0.2, 0.25) is 5.91 Å². The predicted octanol–water partition coefficient (Wildman–Crippen LogP) is 3.03. The Morgan fingerprint density at radius 3 is 2.70 bits per heavy atom. The third-order valence-electron chi connectivity index (χ3n) is 7.39. The molecular formula is C23H33N5O2. The van der Waals surface area contributed by atoms with Crippen molar-refractivity contribution in [1.29, 1.82) is 0 Å². The minimum Gasteiger partial charge on any atom is -0.334 e. The summed E-state index contributed by atoms with van der Waals surface area (Å²) in [6.45, 7) is 6.75. The number of carbonyl (C=O) groups is 1. The van der Waals surface area contributed by atoms with Gasteiger partial charge in [0.15, 0.2) is 5.65 Å². The third kappa shape index (κ3) is 3.37. The number of rotatable bonds is 3. The van der Waals surface area contributed by atoms with Crippen LogP contribution in [-0.2, 0) is 17.8 Å². The molecule has 2 aromatic heterocycles. The van der Waals surface area contributed by atoms with Gasteiger partial charge in [0, 0.05) is 44.1 Å². The summed E-state index contributed by atoms with van der Waals surface area (Å²) in [6, 6.07) is 2.44. The van der Waals surface area contributed by atoms with Crippen molar-refractivity contribution in [3.8, 4) is 0 Å². The first-order chi connectivity index (χ1) is 14.5. The van der Waals surface area contributed by atoms with Crippen LogP contribution in [0.5, 0.6) is 0 Å². The largest absolute Gasteiger partial charge is 0.334 e. The van der Waals surface area contributed by atoms with Crippen molar-refractivity contribution in [3.63, 3.8) is 0 Å². The predicted molar refractivity (Wildman–Crippen MR) is 115 cm³/mol. The molecule has 0 spiro atoms. The van der Waals surface area contributed by atoms with Gasteiger partial charge in [0.05, 0.1) is 23.0 Å². The van der Waals surface area contributed by atoms with Gasteiger partial charge in [-0.2, -0.15) is 0 Å². The monoisotopic (exact) mass is 411 g/mol. The molecule has 1 N–H and O–H groups in total. The van der Waals surface area contributed by atoms with Gasteiger partial charge in [-0.25, -0.2) is 9.50 Å². The van der Waals surface area contributed by atoms with Crippen LogP contribution in [0.4, 0.5) is 0 Å². The van der Waals surface area contributed by atoms with Crippen LogP contribution >= 0.6 is 0 Å². The lowest BCUT2D eigenvalue weighted by atomic mass is 9.88. The standard InChI is InChI=1S/C23H33N5O2/c1-15(2)26-12-10-18-17(14-26)23(30)28-21(24-18)13-19(25-28)20-9-6-11-27(20)22(29)16-7-4-3-5-8-16/h13,15-16,20,25H,3-12,14H2,1-2H3/t20-/m1/s1. The molecule has 30 heavy (non-hydrogen) atoms. The normalized spacial score (nSPS) is 23.4. The highest BCUT2D eigenvalue weighted by Crippen LogP contribution is 2.35. The minimum atomic E-state index is 0.00903. The summed E-state index contributed by atoms with van der Waals surface area (Å²) < 4.78 is 1.60. The van der Waals surface area contributed by atoms with Crippen molar-refractivity contribution in [2.24, 2.45) is 5.92 Å². The quantitative estimate of drug-likeness (QED) is 0.843. The van der Waals surface area contributed by atoms with Gasteiger partial charge < -0.3 is 4.90 Å². The van der Waals surface area contributed by atoms with Crippen LogP contribution in [0.3, 0.4) is 0 Å². The molecule has 162 valence electrons. The summed E-state index contributed by atoms with van der Waals surface area (Å²) in [6.07, 6.45) is 8.41. The zero-order valence-electron chi connectivity index (χ0n) is 18.2. The lowest BCUT2D eigenvalue weighted by Gasteiger charge is -2.30. The van der Waals surface area contributed by atoms with E-state index in [4.69, 9.17) is 4.98 Å². The van der Waals surface area contributed by atoms with E-state index in [1.165, 1.54) is 19.3 Å². The summed E-state index contributed by atoms with van der Waals surface area (Å²) in [5.41, 5.74) is 3.38. The molecule has 1 saturated carbocycles. The van der Waals surface area contributed by atoms with E-state index >= 15 is 0 Å². The molecule has 1 aliphatic carbocycles. The molecule has 4 heterocycles. The van der Waals surface area contributed by atoms with Crippen LogP contribution in [0.25, 0.3) is 5.65 Å². The molecule has 3 aliphatic rings. The Bertz CT molecular complexity index is 1000. The topological polar surface area (TPSA) is 73.7 Å². The van der Waals surface area contributed by atoms with Gasteiger partial charge in [-0.15, -0.1) is 0 Å². The van der Waals surface area contributed by atoms with Crippen LogP contribution < -0.4 is 5.56 Å². The van der Waals surface area contributed by atoms with Crippen molar-refractivity contribution < 1.29 is 4.79 Å². The zero-order chi connectivity index (χ0) is 20.8. The van der Waals surface area contributed by atoms with Crippen molar-refractivity contribution in [2.75, 3.05) is 13.1 Å². The Morgan fingerprint density at radius 2 is 1.93 bits per heavy atom. The van der Waals surface area contributed by atoms with Gasteiger partial charge in [-0.05, 0) is 39.5 Å². The van der Waals surface area contributed by atoms with Crippen molar-refractivity contribution >= 4 is 11.6 Å². The average molecular weight is 412 g/mol. The fraction of sp³-hybridized carbons (Fsp3) is 0.696. The molecule has 0 radical (unpaired) electrons. The Kier molecular flexibility index (Phi) is 5.17. The van der Waals surface area contributed by atoms with E-state index in [2.05, 4.69) is 28.7 Å². The number of hydrogen-bond donors (Lipinski definition) is 1.